The number of rotatable bonds is 4. The maximum atomic E-state index is 5.26. The zero-order valence-electron chi connectivity index (χ0n) is 9.80. The molecule has 2 aromatic heterocycles. The summed E-state index contributed by atoms with van der Waals surface area (Å²) in [5.41, 5.74) is 1.76. The molecule has 0 bridgehead atoms. The minimum atomic E-state index is 0.449. The number of hydrogen-bond donors (Lipinski definition) is 1. The minimum absolute atomic E-state index is 0.449. The normalized spacial score (nSPS) is 10.5. The average molecular weight is 250 g/mol. The Bertz CT molecular complexity index is 561. The quantitative estimate of drug-likeness (QED) is 0.847. The van der Waals surface area contributed by atoms with Gasteiger partial charge in [-0.15, -0.1) is 0 Å². The molecule has 1 N–H and O–H groups in total. The fraction of sp³-hybridized carbons (Fsp3) is 0.364. The molecule has 0 saturated carbocycles. The average Bonchev–Trinajstić information content (AvgIpc) is 2.78. The Morgan fingerprint density at radius 3 is 3.06 bits per heavy atom. The molecular weight excluding hydrogens is 236 g/mol. The van der Waals surface area contributed by atoms with Gasteiger partial charge in [-0.1, -0.05) is 19.1 Å². The van der Waals surface area contributed by atoms with Crippen LogP contribution in [-0.2, 0) is 6.54 Å². The lowest BCUT2D eigenvalue weighted by molar-refractivity contribution is 0.411. The van der Waals surface area contributed by atoms with E-state index in [1.54, 1.807) is 19.6 Å². The lowest BCUT2D eigenvalue weighted by Gasteiger charge is -2.05. The summed E-state index contributed by atoms with van der Waals surface area (Å²) < 4.78 is 7.61. The molecule has 17 heavy (non-hydrogen) atoms. The summed E-state index contributed by atoms with van der Waals surface area (Å²) in [7, 11) is 1.58. The van der Waals surface area contributed by atoms with Crippen molar-refractivity contribution in [2.75, 3.05) is 7.11 Å². The summed E-state index contributed by atoms with van der Waals surface area (Å²) in [5, 5.41) is 4.27. The fourth-order valence-electron chi connectivity index (χ4n) is 1.63. The molecule has 0 aliphatic rings. The Morgan fingerprint density at radius 2 is 2.35 bits per heavy atom. The minimum Gasteiger partial charge on any atom is -0.491 e. The molecule has 0 amide bonds. The fourth-order valence-corrected chi connectivity index (χ4v) is 1.87. The Hall–Kier alpha value is -1.69. The van der Waals surface area contributed by atoms with Crippen molar-refractivity contribution in [2.45, 2.75) is 19.9 Å². The molecule has 90 valence electrons. The van der Waals surface area contributed by atoms with Crippen LogP contribution in [0.3, 0.4) is 0 Å². The van der Waals surface area contributed by atoms with E-state index in [4.69, 9.17) is 17.0 Å². The highest BCUT2D eigenvalue weighted by Crippen LogP contribution is 2.27. The number of methoxy groups -OCH3 is 1. The van der Waals surface area contributed by atoms with Crippen molar-refractivity contribution in [3.05, 3.63) is 23.4 Å². The van der Waals surface area contributed by atoms with E-state index in [9.17, 15) is 0 Å². The van der Waals surface area contributed by atoms with Crippen LogP contribution in [0.1, 0.15) is 13.3 Å². The van der Waals surface area contributed by atoms with Crippen LogP contribution in [0, 0.1) is 4.64 Å². The Balaban J connectivity index is 2.45. The van der Waals surface area contributed by atoms with E-state index in [1.165, 1.54) is 0 Å². The predicted octanol–water partition coefficient (Wildman–Crippen LogP) is 2.42. The van der Waals surface area contributed by atoms with Gasteiger partial charge in [0.05, 0.1) is 25.3 Å². The smallest absolute Gasteiger partial charge is 0.179 e. The maximum absolute atomic E-state index is 5.26. The Morgan fingerprint density at radius 1 is 1.53 bits per heavy atom. The van der Waals surface area contributed by atoms with Gasteiger partial charge < -0.3 is 9.72 Å². The molecule has 2 rings (SSSR count). The predicted molar refractivity (Wildman–Crippen MR) is 67.5 cm³/mol. The van der Waals surface area contributed by atoms with Gasteiger partial charge in [-0.25, -0.2) is 4.98 Å². The Kier molecular flexibility index (Phi) is 3.53. The molecule has 2 heterocycles. The molecule has 6 heteroatoms. The van der Waals surface area contributed by atoms with Crippen LogP contribution < -0.4 is 4.74 Å². The highest BCUT2D eigenvalue weighted by Gasteiger charge is 2.10. The summed E-state index contributed by atoms with van der Waals surface area (Å²) in [5.74, 6) is 0.582. The molecule has 0 aromatic carbocycles. The SMILES string of the molecule is CCCn1cc(-c2[nH]cnc(=S)c2OC)cn1. The van der Waals surface area contributed by atoms with Crippen molar-refractivity contribution < 1.29 is 4.74 Å². The molecular formula is C11H14N4OS. The molecule has 0 unspecified atom stereocenters. The summed E-state index contributed by atoms with van der Waals surface area (Å²) >= 11 is 5.11. The summed E-state index contributed by atoms with van der Waals surface area (Å²) in [6.07, 6.45) is 6.37. The summed E-state index contributed by atoms with van der Waals surface area (Å²) in [6.45, 7) is 3.01. The number of aryl methyl sites for hydroxylation is 1. The summed E-state index contributed by atoms with van der Waals surface area (Å²) in [6, 6.07) is 0. The monoisotopic (exact) mass is 250 g/mol. The second-order valence-electron chi connectivity index (χ2n) is 3.61. The molecule has 5 nitrogen and oxygen atoms in total. The van der Waals surface area contributed by atoms with Gasteiger partial charge in [0.25, 0.3) is 0 Å². The molecule has 0 spiro atoms. The first-order valence-corrected chi connectivity index (χ1v) is 5.81. The number of hydrogen-bond acceptors (Lipinski definition) is 4. The second-order valence-corrected chi connectivity index (χ2v) is 3.99. The molecule has 0 fully saturated rings. The van der Waals surface area contributed by atoms with Crippen LogP contribution in [0.15, 0.2) is 18.7 Å². The van der Waals surface area contributed by atoms with Crippen LogP contribution in [0.5, 0.6) is 5.75 Å². The van der Waals surface area contributed by atoms with E-state index in [1.807, 2.05) is 10.9 Å². The van der Waals surface area contributed by atoms with Crippen LogP contribution in [-0.4, -0.2) is 26.9 Å². The first-order chi connectivity index (χ1) is 8.26. The Labute approximate surface area is 104 Å². The van der Waals surface area contributed by atoms with Crippen LogP contribution in [0.4, 0.5) is 0 Å². The van der Waals surface area contributed by atoms with E-state index >= 15 is 0 Å². The number of nitrogens with one attached hydrogen (secondary N) is 1. The van der Waals surface area contributed by atoms with Gasteiger partial charge in [0.1, 0.15) is 0 Å². The topological polar surface area (TPSA) is 55.7 Å². The molecule has 0 aliphatic carbocycles. The van der Waals surface area contributed by atoms with E-state index in [0.717, 1.165) is 24.2 Å². The highest BCUT2D eigenvalue weighted by atomic mass is 32.1. The lowest BCUT2D eigenvalue weighted by Crippen LogP contribution is -1.96. The largest absolute Gasteiger partial charge is 0.491 e. The van der Waals surface area contributed by atoms with Crippen LogP contribution in [0.2, 0.25) is 0 Å². The van der Waals surface area contributed by atoms with Gasteiger partial charge in [-0.3, -0.25) is 4.68 Å². The maximum Gasteiger partial charge on any atom is 0.179 e. The standard InChI is InChI=1S/C11H14N4OS/c1-3-4-15-6-8(5-14-15)9-10(16-2)11(17)13-7-12-9/h5-7H,3-4H2,1-2H3,(H,12,13,17). The third-order valence-electron chi connectivity index (χ3n) is 2.39. The first kappa shape index (κ1) is 11.8. The van der Waals surface area contributed by atoms with Crippen molar-refractivity contribution in [3.8, 4) is 17.0 Å². The van der Waals surface area contributed by atoms with E-state index in [-0.39, 0.29) is 0 Å². The second kappa shape index (κ2) is 5.09. The number of H-pyrrole nitrogens is 1. The van der Waals surface area contributed by atoms with E-state index < -0.39 is 0 Å². The summed E-state index contributed by atoms with van der Waals surface area (Å²) in [4.78, 5) is 7.03. The third-order valence-corrected chi connectivity index (χ3v) is 2.68. The van der Waals surface area contributed by atoms with Gasteiger partial charge >= 0.3 is 0 Å². The lowest BCUT2D eigenvalue weighted by atomic mass is 10.2. The number of nitrogens with zero attached hydrogens (tertiary/aromatic N) is 3. The molecule has 0 saturated heterocycles. The van der Waals surface area contributed by atoms with Crippen molar-refractivity contribution in [2.24, 2.45) is 0 Å². The zero-order valence-corrected chi connectivity index (χ0v) is 10.6. The van der Waals surface area contributed by atoms with Crippen LogP contribution in [0.25, 0.3) is 11.3 Å². The zero-order chi connectivity index (χ0) is 12.3. The molecule has 0 atom stereocenters. The van der Waals surface area contributed by atoms with Crippen molar-refractivity contribution in [1.82, 2.24) is 19.7 Å². The van der Waals surface area contributed by atoms with Gasteiger partial charge in [-0.2, -0.15) is 5.10 Å². The van der Waals surface area contributed by atoms with Gasteiger partial charge in [0, 0.05) is 18.3 Å². The van der Waals surface area contributed by atoms with Crippen molar-refractivity contribution >= 4 is 12.2 Å². The number of aromatic amines is 1. The molecule has 2 aromatic rings. The van der Waals surface area contributed by atoms with Crippen molar-refractivity contribution in [3.63, 3.8) is 0 Å². The van der Waals surface area contributed by atoms with E-state index in [0.29, 0.717) is 10.4 Å². The molecule has 0 radical (unpaired) electrons. The van der Waals surface area contributed by atoms with Gasteiger partial charge in [0.15, 0.2) is 10.4 Å². The van der Waals surface area contributed by atoms with Crippen LogP contribution >= 0.6 is 12.2 Å². The van der Waals surface area contributed by atoms with E-state index in [2.05, 4.69) is 22.0 Å². The van der Waals surface area contributed by atoms with Crippen molar-refractivity contribution in [1.29, 1.82) is 0 Å². The van der Waals surface area contributed by atoms with Gasteiger partial charge in [-0.05, 0) is 6.42 Å². The third kappa shape index (κ3) is 2.36. The molecule has 0 aliphatic heterocycles. The highest BCUT2D eigenvalue weighted by molar-refractivity contribution is 7.71. The first-order valence-electron chi connectivity index (χ1n) is 5.40. The van der Waals surface area contributed by atoms with Gasteiger partial charge in [0.2, 0.25) is 0 Å². The number of aromatic nitrogens is 4. The number of ether oxygens (including phenoxy) is 1.